The summed E-state index contributed by atoms with van der Waals surface area (Å²) in [5.74, 6) is -1.18. The smallest absolute Gasteiger partial charge is 0.146 e. The number of hydrogen-bond donors (Lipinski definition) is 3. The Hall–Kier alpha value is -2.66. The lowest BCUT2D eigenvalue weighted by Crippen LogP contribution is -2.09. The molecule has 0 heterocycles. The fourth-order valence-corrected chi connectivity index (χ4v) is 2.08. The molecule has 0 aliphatic rings. The maximum absolute atomic E-state index is 13.8. The Morgan fingerprint density at radius 2 is 1.88 bits per heavy atom. The van der Waals surface area contributed by atoms with Crippen LogP contribution in [0.1, 0.15) is 18.1 Å². The van der Waals surface area contributed by atoms with Gasteiger partial charge in [0.15, 0.2) is 0 Å². The lowest BCUT2D eigenvalue weighted by Gasteiger charge is -2.15. The van der Waals surface area contributed by atoms with Crippen LogP contribution in [0.4, 0.5) is 14.5 Å². The van der Waals surface area contributed by atoms with Gasteiger partial charge in [-0.25, -0.2) is 8.78 Å². The largest absolute Gasteiger partial charge is 0.397 e. The van der Waals surface area contributed by atoms with Crippen molar-refractivity contribution < 1.29 is 8.78 Å². The lowest BCUT2D eigenvalue weighted by atomic mass is 10.0. The number of nitrogens with two attached hydrogens (primary N) is 2. The van der Waals surface area contributed by atoms with Crippen LogP contribution in [0.25, 0.3) is 5.83 Å². The van der Waals surface area contributed by atoms with Crippen molar-refractivity contribution in [3.05, 3.63) is 83.5 Å². The van der Waals surface area contributed by atoms with Gasteiger partial charge in [0, 0.05) is 29.1 Å². The SMILES string of the molecule is C=C(CN)C(/C=C(/F)C(=C)N)=C(/C)Nc1ccc(C)c(C(=C)F)c1. The van der Waals surface area contributed by atoms with Crippen LogP contribution in [0.3, 0.4) is 0 Å². The minimum Gasteiger partial charge on any atom is -0.397 e. The Morgan fingerprint density at radius 1 is 1.25 bits per heavy atom. The molecule has 0 bridgehead atoms. The molecule has 0 amide bonds. The van der Waals surface area contributed by atoms with Gasteiger partial charge in [0.05, 0.1) is 5.70 Å². The first-order valence-electron chi connectivity index (χ1n) is 7.30. The molecule has 24 heavy (non-hydrogen) atoms. The van der Waals surface area contributed by atoms with Crippen molar-refractivity contribution in [3.63, 3.8) is 0 Å². The van der Waals surface area contributed by atoms with Crippen LogP contribution in [0.15, 0.2) is 72.4 Å². The van der Waals surface area contributed by atoms with Gasteiger partial charge in [0.1, 0.15) is 11.7 Å². The number of anilines is 1. The summed E-state index contributed by atoms with van der Waals surface area (Å²) in [6.07, 6.45) is 1.23. The number of halogens is 2. The maximum atomic E-state index is 13.8. The van der Waals surface area contributed by atoms with Gasteiger partial charge in [0.25, 0.3) is 0 Å². The predicted octanol–water partition coefficient (Wildman–Crippen LogP) is 4.46. The van der Waals surface area contributed by atoms with Gasteiger partial charge < -0.3 is 16.8 Å². The number of aryl methyl sites for hydroxylation is 1. The topological polar surface area (TPSA) is 64.1 Å². The number of benzene rings is 1. The van der Waals surface area contributed by atoms with E-state index in [2.05, 4.69) is 25.1 Å². The first kappa shape index (κ1) is 19.4. The quantitative estimate of drug-likeness (QED) is 0.646. The second-order valence-electron chi connectivity index (χ2n) is 5.42. The van der Waals surface area contributed by atoms with E-state index in [1.807, 2.05) is 0 Å². The standard InChI is InChI=1S/C19H23F2N3/c1-11-6-7-16(8-17(11)13(3)20)24-15(5)18(12(2)10-22)9-19(21)14(4)23/h6-9,24H,2-4,10,22-23H2,1,5H3/b18-15-,19-9+. The van der Waals surface area contributed by atoms with Crippen molar-refractivity contribution in [2.45, 2.75) is 13.8 Å². The van der Waals surface area contributed by atoms with E-state index in [0.717, 1.165) is 5.56 Å². The van der Waals surface area contributed by atoms with Gasteiger partial charge in [-0.1, -0.05) is 25.8 Å². The summed E-state index contributed by atoms with van der Waals surface area (Å²) in [5, 5.41) is 3.10. The molecule has 1 aromatic rings. The summed E-state index contributed by atoms with van der Waals surface area (Å²) in [4.78, 5) is 0. The van der Waals surface area contributed by atoms with E-state index in [1.165, 1.54) is 6.08 Å². The van der Waals surface area contributed by atoms with Gasteiger partial charge >= 0.3 is 0 Å². The molecule has 0 saturated carbocycles. The zero-order chi connectivity index (χ0) is 18.4. The van der Waals surface area contributed by atoms with E-state index >= 15 is 0 Å². The number of nitrogens with one attached hydrogen (secondary N) is 1. The average Bonchev–Trinajstić information content (AvgIpc) is 2.52. The Labute approximate surface area is 141 Å². The first-order valence-corrected chi connectivity index (χ1v) is 7.30. The van der Waals surface area contributed by atoms with Crippen molar-refractivity contribution >= 4 is 11.5 Å². The van der Waals surface area contributed by atoms with Gasteiger partial charge in [-0.05, 0) is 43.2 Å². The molecule has 0 saturated heterocycles. The van der Waals surface area contributed by atoms with Gasteiger partial charge in [-0.3, -0.25) is 0 Å². The van der Waals surface area contributed by atoms with Crippen LogP contribution in [0, 0.1) is 6.92 Å². The number of rotatable bonds is 7. The molecule has 5 heteroatoms. The molecule has 0 aliphatic carbocycles. The summed E-state index contributed by atoms with van der Waals surface area (Å²) in [6, 6.07) is 5.19. The number of allylic oxidation sites excluding steroid dienone is 3. The van der Waals surface area contributed by atoms with E-state index in [4.69, 9.17) is 11.5 Å². The normalized spacial score (nSPS) is 12.5. The minimum absolute atomic E-state index is 0.148. The summed E-state index contributed by atoms with van der Waals surface area (Å²) < 4.78 is 27.3. The molecular formula is C19H23F2N3. The van der Waals surface area contributed by atoms with Crippen LogP contribution in [-0.4, -0.2) is 6.54 Å². The lowest BCUT2D eigenvalue weighted by molar-refractivity contribution is 0.648. The molecular weight excluding hydrogens is 308 g/mol. The fraction of sp³-hybridized carbons (Fsp3) is 0.158. The summed E-state index contributed by atoms with van der Waals surface area (Å²) >= 11 is 0. The molecule has 5 N–H and O–H groups in total. The summed E-state index contributed by atoms with van der Waals surface area (Å²) in [7, 11) is 0. The maximum Gasteiger partial charge on any atom is 0.146 e. The molecule has 1 aromatic carbocycles. The highest BCUT2D eigenvalue weighted by Gasteiger charge is 2.09. The van der Waals surface area contributed by atoms with Crippen molar-refractivity contribution in [1.82, 2.24) is 0 Å². The Morgan fingerprint density at radius 3 is 2.38 bits per heavy atom. The Bertz CT molecular complexity index is 743. The van der Waals surface area contributed by atoms with E-state index in [9.17, 15) is 8.78 Å². The van der Waals surface area contributed by atoms with E-state index < -0.39 is 11.7 Å². The molecule has 0 radical (unpaired) electrons. The molecule has 1 rings (SSSR count). The second-order valence-corrected chi connectivity index (χ2v) is 5.42. The van der Waals surface area contributed by atoms with E-state index in [1.54, 1.807) is 32.0 Å². The molecule has 0 unspecified atom stereocenters. The van der Waals surface area contributed by atoms with Gasteiger partial charge in [-0.15, -0.1) is 0 Å². The van der Waals surface area contributed by atoms with E-state index in [0.29, 0.717) is 28.1 Å². The number of hydrogen-bond acceptors (Lipinski definition) is 3. The monoisotopic (exact) mass is 331 g/mol. The molecule has 0 spiro atoms. The zero-order valence-electron chi connectivity index (χ0n) is 14.0. The van der Waals surface area contributed by atoms with Crippen molar-refractivity contribution in [2.24, 2.45) is 11.5 Å². The van der Waals surface area contributed by atoms with Crippen LogP contribution in [0.2, 0.25) is 0 Å². The average molecular weight is 331 g/mol. The highest BCUT2D eigenvalue weighted by Crippen LogP contribution is 2.25. The van der Waals surface area contributed by atoms with Crippen LogP contribution >= 0.6 is 0 Å². The van der Waals surface area contributed by atoms with Gasteiger partial charge in [0.2, 0.25) is 0 Å². The van der Waals surface area contributed by atoms with Crippen LogP contribution in [0.5, 0.6) is 0 Å². The van der Waals surface area contributed by atoms with Crippen LogP contribution < -0.4 is 16.8 Å². The third kappa shape index (κ3) is 4.93. The Balaban J connectivity index is 3.30. The van der Waals surface area contributed by atoms with E-state index in [-0.39, 0.29) is 12.2 Å². The first-order chi connectivity index (χ1) is 11.2. The molecule has 0 atom stereocenters. The van der Waals surface area contributed by atoms with Crippen LogP contribution in [-0.2, 0) is 0 Å². The summed E-state index contributed by atoms with van der Waals surface area (Å²) in [5.41, 5.74) is 14.2. The highest BCUT2D eigenvalue weighted by atomic mass is 19.1. The third-order valence-electron chi connectivity index (χ3n) is 3.47. The third-order valence-corrected chi connectivity index (χ3v) is 3.47. The molecule has 0 fully saturated rings. The molecule has 0 aliphatic heterocycles. The fourth-order valence-electron chi connectivity index (χ4n) is 2.08. The second kappa shape index (κ2) is 8.26. The van der Waals surface area contributed by atoms with Gasteiger partial charge in [-0.2, -0.15) is 0 Å². The summed E-state index contributed by atoms with van der Waals surface area (Å²) in [6.45, 7) is 14.2. The van der Waals surface area contributed by atoms with Crippen molar-refractivity contribution in [1.29, 1.82) is 0 Å². The Kier molecular flexibility index (Phi) is 6.68. The minimum atomic E-state index is -0.664. The molecule has 3 nitrogen and oxygen atoms in total. The predicted molar refractivity (Wildman–Crippen MR) is 98.4 cm³/mol. The zero-order valence-corrected chi connectivity index (χ0v) is 14.0. The highest BCUT2D eigenvalue weighted by molar-refractivity contribution is 5.66. The van der Waals surface area contributed by atoms with Crippen molar-refractivity contribution in [2.75, 3.05) is 11.9 Å². The molecule has 0 aromatic heterocycles. The molecule has 128 valence electrons. The van der Waals surface area contributed by atoms with Crippen molar-refractivity contribution in [3.8, 4) is 0 Å².